The van der Waals surface area contributed by atoms with Gasteiger partial charge in [-0.25, -0.2) is 0 Å². The lowest BCUT2D eigenvalue weighted by atomic mass is 9.94. The zero-order chi connectivity index (χ0) is 11.6. The highest BCUT2D eigenvalue weighted by Crippen LogP contribution is 2.22. The van der Waals surface area contributed by atoms with Gasteiger partial charge in [0, 0.05) is 12.6 Å². The summed E-state index contributed by atoms with van der Waals surface area (Å²) in [6, 6.07) is 4.20. The molecule has 15 heavy (non-hydrogen) atoms. The molecule has 1 aromatic rings. The highest BCUT2D eigenvalue weighted by atomic mass is 16.1. The van der Waals surface area contributed by atoms with Crippen LogP contribution in [-0.2, 0) is 0 Å². The average Bonchev–Trinajstić information content (AvgIpc) is 2.16. The van der Waals surface area contributed by atoms with E-state index in [9.17, 15) is 4.79 Å². The lowest BCUT2D eigenvalue weighted by Crippen LogP contribution is -2.20. The van der Waals surface area contributed by atoms with Gasteiger partial charge >= 0.3 is 0 Å². The third kappa shape index (κ3) is 2.38. The van der Waals surface area contributed by atoms with Gasteiger partial charge in [0.25, 0.3) is 5.91 Å². The van der Waals surface area contributed by atoms with E-state index in [1.807, 2.05) is 13.8 Å². The Morgan fingerprint density at radius 1 is 1.20 bits per heavy atom. The van der Waals surface area contributed by atoms with Crippen LogP contribution in [-0.4, -0.2) is 13.0 Å². The number of benzene rings is 1. The molecule has 0 radical (unpaired) electrons. The summed E-state index contributed by atoms with van der Waals surface area (Å²) in [4.78, 5) is 11.6. The second kappa shape index (κ2) is 4.47. The highest BCUT2D eigenvalue weighted by molar-refractivity contribution is 5.96. The van der Waals surface area contributed by atoms with Gasteiger partial charge in [0.15, 0.2) is 0 Å². The second-order valence-corrected chi connectivity index (χ2v) is 4.26. The van der Waals surface area contributed by atoms with Crippen LogP contribution in [0.25, 0.3) is 0 Å². The van der Waals surface area contributed by atoms with Gasteiger partial charge in [-0.1, -0.05) is 26.0 Å². The topological polar surface area (TPSA) is 29.1 Å². The summed E-state index contributed by atoms with van der Waals surface area (Å²) in [6.45, 7) is 8.30. The molecule has 0 unspecified atom stereocenters. The number of carbonyl (C=O) groups is 1. The molecule has 1 N–H and O–H groups in total. The van der Waals surface area contributed by atoms with Gasteiger partial charge < -0.3 is 5.32 Å². The fourth-order valence-electron chi connectivity index (χ4n) is 1.81. The molecular weight excluding hydrogens is 186 g/mol. The zero-order valence-electron chi connectivity index (χ0n) is 10.1. The zero-order valence-corrected chi connectivity index (χ0v) is 10.1. The number of aryl methyl sites for hydroxylation is 2. The Morgan fingerprint density at radius 2 is 1.67 bits per heavy atom. The fourth-order valence-corrected chi connectivity index (χ4v) is 1.81. The smallest absolute Gasteiger partial charge is 0.251 e. The van der Waals surface area contributed by atoms with Crippen LogP contribution >= 0.6 is 0 Å². The molecule has 0 aliphatic carbocycles. The van der Waals surface area contributed by atoms with Crippen molar-refractivity contribution < 1.29 is 4.79 Å². The van der Waals surface area contributed by atoms with Gasteiger partial charge in [0.05, 0.1) is 0 Å². The SMILES string of the molecule is CNC(=O)c1c(C)cc(C(C)C)cc1C. The van der Waals surface area contributed by atoms with Crippen molar-refractivity contribution in [1.29, 1.82) is 0 Å². The third-order valence-corrected chi connectivity index (χ3v) is 2.68. The number of amides is 1. The first-order valence-corrected chi connectivity index (χ1v) is 5.30. The van der Waals surface area contributed by atoms with Crippen LogP contribution in [0.15, 0.2) is 12.1 Å². The predicted octanol–water partition coefficient (Wildman–Crippen LogP) is 2.79. The molecule has 0 spiro atoms. The van der Waals surface area contributed by atoms with Crippen molar-refractivity contribution in [3.8, 4) is 0 Å². The quantitative estimate of drug-likeness (QED) is 0.790. The average molecular weight is 205 g/mol. The van der Waals surface area contributed by atoms with Gasteiger partial charge in [-0.3, -0.25) is 4.79 Å². The Balaban J connectivity index is 3.27. The van der Waals surface area contributed by atoms with E-state index in [1.54, 1.807) is 7.05 Å². The maximum Gasteiger partial charge on any atom is 0.251 e. The van der Waals surface area contributed by atoms with Gasteiger partial charge in [-0.2, -0.15) is 0 Å². The summed E-state index contributed by atoms with van der Waals surface area (Å²) < 4.78 is 0. The molecular formula is C13H19NO. The summed E-state index contributed by atoms with van der Waals surface area (Å²) in [5.41, 5.74) is 4.20. The van der Waals surface area contributed by atoms with E-state index in [0.717, 1.165) is 16.7 Å². The van der Waals surface area contributed by atoms with Gasteiger partial charge in [-0.05, 0) is 36.5 Å². The summed E-state index contributed by atoms with van der Waals surface area (Å²) in [5, 5.41) is 2.67. The predicted molar refractivity (Wildman–Crippen MR) is 63.4 cm³/mol. The van der Waals surface area contributed by atoms with E-state index >= 15 is 0 Å². The van der Waals surface area contributed by atoms with Gasteiger partial charge in [-0.15, -0.1) is 0 Å². The van der Waals surface area contributed by atoms with Crippen LogP contribution < -0.4 is 5.32 Å². The van der Waals surface area contributed by atoms with E-state index in [-0.39, 0.29) is 5.91 Å². The molecule has 0 saturated carbocycles. The molecule has 82 valence electrons. The van der Waals surface area contributed by atoms with Crippen LogP contribution in [0.1, 0.15) is 46.8 Å². The molecule has 0 aromatic heterocycles. The van der Waals surface area contributed by atoms with Crippen molar-refractivity contribution in [2.45, 2.75) is 33.6 Å². The molecule has 1 amide bonds. The van der Waals surface area contributed by atoms with Crippen LogP contribution in [0.5, 0.6) is 0 Å². The van der Waals surface area contributed by atoms with Crippen molar-refractivity contribution in [3.63, 3.8) is 0 Å². The van der Waals surface area contributed by atoms with Gasteiger partial charge in [0.1, 0.15) is 0 Å². The molecule has 2 heteroatoms. The Labute approximate surface area is 91.7 Å². The minimum absolute atomic E-state index is 0.000283. The highest BCUT2D eigenvalue weighted by Gasteiger charge is 2.12. The fraction of sp³-hybridized carbons (Fsp3) is 0.462. The van der Waals surface area contributed by atoms with Crippen LogP contribution in [0, 0.1) is 13.8 Å². The van der Waals surface area contributed by atoms with E-state index < -0.39 is 0 Å². The number of hydrogen-bond donors (Lipinski definition) is 1. The Bertz CT molecular complexity index is 357. The molecule has 0 aliphatic rings. The van der Waals surface area contributed by atoms with E-state index in [0.29, 0.717) is 5.92 Å². The van der Waals surface area contributed by atoms with E-state index in [2.05, 4.69) is 31.3 Å². The maximum atomic E-state index is 11.6. The Hall–Kier alpha value is -1.31. The van der Waals surface area contributed by atoms with Crippen molar-refractivity contribution >= 4 is 5.91 Å². The first kappa shape index (κ1) is 11.8. The molecule has 0 heterocycles. The summed E-state index contributed by atoms with van der Waals surface area (Å²) in [5.74, 6) is 0.501. The van der Waals surface area contributed by atoms with E-state index in [4.69, 9.17) is 0 Å². The lowest BCUT2D eigenvalue weighted by molar-refractivity contribution is 0.0962. The molecule has 0 bridgehead atoms. The summed E-state index contributed by atoms with van der Waals surface area (Å²) >= 11 is 0. The van der Waals surface area contributed by atoms with Crippen molar-refractivity contribution in [2.75, 3.05) is 7.05 Å². The molecule has 0 aliphatic heterocycles. The molecule has 0 saturated heterocycles. The van der Waals surface area contributed by atoms with Gasteiger partial charge in [0.2, 0.25) is 0 Å². The van der Waals surface area contributed by atoms with Crippen molar-refractivity contribution in [2.24, 2.45) is 0 Å². The molecule has 1 rings (SSSR count). The first-order valence-electron chi connectivity index (χ1n) is 5.30. The minimum Gasteiger partial charge on any atom is -0.355 e. The Morgan fingerprint density at radius 3 is 2.00 bits per heavy atom. The van der Waals surface area contributed by atoms with Crippen LogP contribution in [0.2, 0.25) is 0 Å². The number of rotatable bonds is 2. The summed E-state index contributed by atoms with van der Waals surface area (Å²) in [6.07, 6.45) is 0. The van der Waals surface area contributed by atoms with Crippen LogP contribution in [0.3, 0.4) is 0 Å². The third-order valence-electron chi connectivity index (χ3n) is 2.68. The monoisotopic (exact) mass is 205 g/mol. The van der Waals surface area contributed by atoms with E-state index in [1.165, 1.54) is 5.56 Å². The second-order valence-electron chi connectivity index (χ2n) is 4.26. The first-order chi connectivity index (χ1) is 6.97. The molecule has 1 aromatic carbocycles. The van der Waals surface area contributed by atoms with Crippen LogP contribution in [0.4, 0.5) is 0 Å². The largest absolute Gasteiger partial charge is 0.355 e. The molecule has 0 atom stereocenters. The normalized spacial score (nSPS) is 10.5. The lowest BCUT2D eigenvalue weighted by Gasteiger charge is -2.13. The van der Waals surface area contributed by atoms with Crippen molar-refractivity contribution in [3.05, 3.63) is 34.4 Å². The maximum absolute atomic E-state index is 11.6. The number of nitrogens with one attached hydrogen (secondary N) is 1. The molecule has 0 fully saturated rings. The Kier molecular flexibility index (Phi) is 3.51. The van der Waals surface area contributed by atoms with Crippen molar-refractivity contribution in [1.82, 2.24) is 5.32 Å². The minimum atomic E-state index is 0.000283. The number of carbonyl (C=O) groups excluding carboxylic acids is 1. The standard InChI is InChI=1S/C13H19NO/c1-8(2)11-6-9(3)12(10(4)7-11)13(15)14-5/h6-8H,1-5H3,(H,14,15). The molecule has 2 nitrogen and oxygen atoms in total. The summed E-state index contributed by atoms with van der Waals surface area (Å²) in [7, 11) is 1.66. The number of hydrogen-bond acceptors (Lipinski definition) is 1.